The van der Waals surface area contributed by atoms with Crippen LogP contribution in [0.15, 0.2) is 48.5 Å². The van der Waals surface area contributed by atoms with Gasteiger partial charge in [-0.05, 0) is 41.8 Å². The predicted octanol–water partition coefficient (Wildman–Crippen LogP) is 5.14. The molecule has 0 bridgehead atoms. The largest absolute Gasteiger partial charge is 0.431 e. The Hall–Kier alpha value is -1.99. The topological polar surface area (TPSA) is 34.6 Å². The Morgan fingerprint density at radius 2 is 1.88 bits per heavy atom. The molecule has 1 saturated heterocycles. The SMILES string of the molecule is c1ccc2sc(Oc3ccc4cc(CN5CCOCC5)sc4c3)nc2c1. The first-order valence-electron chi connectivity index (χ1n) is 8.69. The molecule has 1 aliphatic rings. The average molecular weight is 383 g/mol. The third kappa shape index (κ3) is 3.33. The molecule has 0 radical (unpaired) electrons. The van der Waals surface area contributed by atoms with Crippen LogP contribution in [0.4, 0.5) is 0 Å². The molecule has 0 spiro atoms. The number of fused-ring (bicyclic) bond motifs is 2. The van der Waals surface area contributed by atoms with Crippen LogP contribution >= 0.6 is 22.7 Å². The van der Waals surface area contributed by atoms with Crippen molar-refractivity contribution in [2.24, 2.45) is 0 Å². The Labute approximate surface area is 159 Å². The molecule has 3 heterocycles. The van der Waals surface area contributed by atoms with Gasteiger partial charge in [0.2, 0.25) is 0 Å². The summed E-state index contributed by atoms with van der Waals surface area (Å²) in [6.45, 7) is 4.70. The van der Waals surface area contributed by atoms with Crippen LogP contribution in [-0.2, 0) is 11.3 Å². The monoisotopic (exact) mass is 382 g/mol. The number of rotatable bonds is 4. The zero-order valence-corrected chi connectivity index (χ0v) is 15.8. The van der Waals surface area contributed by atoms with Crippen molar-refractivity contribution in [2.75, 3.05) is 26.3 Å². The Bertz CT molecular complexity index is 1020. The summed E-state index contributed by atoms with van der Waals surface area (Å²) >= 11 is 3.42. The normalized spacial score (nSPS) is 15.7. The second-order valence-electron chi connectivity index (χ2n) is 6.35. The molecule has 0 atom stereocenters. The van der Waals surface area contributed by atoms with E-state index in [1.54, 1.807) is 11.3 Å². The molecule has 1 aliphatic heterocycles. The molecule has 5 rings (SSSR count). The van der Waals surface area contributed by atoms with E-state index in [2.05, 4.69) is 34.1 Å². The lowest BCUT2D eigenvalue weighted by atomic mass is 10.2. The maximum absolute atomic E-state index is 6.02. The second-order valence-corrected chi connectivity index (χ2v) is 8.51. The molecule has 0 amide bonds. The van der Waals surface area contributed by atoms with Crippen molar-refractivity contribution in [2.45, 2.75) is 6.54 Å². The summed E-state index contributed by atoms with van der Waals surface area (Å²) in [7, 11) is 0. The minimum Gasteiger partial charge on any atom is -0.431 e. The summed E-state index contributed by atoms with van der Waals surface area (Å²) in [6, 6.07) is 16.7. The molecule has 2 aromatic carbocycles. The van der Waals surface area contributed by atoms with E-state index in [-0.39, 0.29) is 0 Å². The van der Waals surface area contributed by atoms with Gasteiger partial charge in [0, 0.05) is 29.2 Å². The molecule has 0 saturated carbocycles. The van der Waals surface area contributed by atoms with Gasteiger partial charge in [0.25, 0.3) is 5.19 Å². The molecule has 4 aromatic rings. The molecule has 2 aromatic heterocycles. The number of hydrogen-bond acceptors (Lipinski definition) is 6. The van der Waals surface area contributed by atoms with Crippen molar-refractivity contribution in [1.82, 2.24) is 9.88 Å². The molecule has 0 aliphatic carbocycles. The van der Waals surface area contributed by atoms with Crippen LogP contribution in [-0.4, -0.2) is 36.2 Å². The molecule has 0 N–H and O–H groups in total. The standard InChI is InChI=1S/C20H18N2O2S2/c1-2-4-18-17(3-1)21-20(26-18)24-15-6-5-14-11-16(25-19(14)12-15)13-22-7-9-23-10-8-22/h1-6,11-12H,7-10,13H2. The summed E-state index contributed by atoms with van der Waals surface area (Å²) in [5.41, 5.74) is 0.984. The molecule has 6 heteroatoms. The number of hydrogen-bond donors (Lipinski definition) is 0. The first-order valence-corrected chi connectivity index (χ1v) is 10.3. The molecule has 26 heavy (non-hydrogen) atoms. The quantitative estimate of drug-likeness (QED) is 0.490. The first-order chi connectivity index (χ1) is 12.8. The van der Waals surface area contributed by atoms with E-state index >= 15 is 0 Å². The zero-order valence-electron chi connectivity index (χ0n) is 14.2. The van der Waals surface area contributed by atoms with Crippen LogP contribution in [0, 0.1) is 0 Å². The van der Waals surface area contributed by atoms with Crippen LogP contribution in [0.25, 0.3) is 20.3 Å². The molecular formula is C20H18N2O2S2. The Balaban J connectivity index is 1.36. The summed E-state index contributed by atoms with van der Waals surface area (Å²) < 4.78 is 13.9. The van der Waals surface area contributed by atoms with Gasteiger partial charge in [-0.25, -0.2) is 4.98 Å². The van der Waals surface area contributed by atoms with Crippen molar-refractivity contribution >= 4 is 43.0 Å². The Kier molecular flexibility index (Phi) is 4.34. The van der Waals surface area contributed by atoms with Gasteiger partial charge in [0.15, 0.2) is 0 Å². The lowest BCUT2D eigenvalue weighted by Gasteiger charge is -2.25. The first kappa shape index (κ1) is 16.2. The average Bonchev–Trinajstić information content (AvgIpc) is 3.24. The summed E-state index contributed by atoms with van der Waals surface area (Å²) in [4.78, 5) is 8.39. The van der Waals surface area contributed by atoms with Crippen LogP contribution in [0.2, 0.25) is 0 Å². The van der Waals surface area contributed by atoms with Crippen molar-refractivity contribution in [3.05, 3.63) is 53.4 Å². The Morgan fingerprint density at radius 1 is 1.00 bits per heavy atom. The van der Waals surface area contributed by atoms with Gasteiger partial charge in [0.1, 0.15) is 5.75 Å². The number of para-hydroxylation sites is 1. The number of morpholine rings is 1. The number of thiophene rings is 1. The van der Waals surface area contributed by atoms with E-state index in [9.17, 15) is 0 Å². The van der Waals surface area contributed by atoms with Gasteiger partial charge in [-0.1, -0.05) is 23.5 Å². The maximum atomic E-state index is 6.02. The van der Waals surface area contributed by atoms with E-state index in [0.29, 0.717) is 5.19 Å². The fourth-order valence-corrected chi connectivity index (χ4v) is 5.15. The van der Waals surface area contributed by atoms with Crippen molar-refractivity contribution < 1.29 is 9.47 Å². The molecule has 4 nitrogen and oxygen atoms in total. The molecular weight excluding hydrogens is 364 g/mol. The Morgan fingerprint density at radius 3 is 2.77 bits per heavy atom. The number of benzene rings is 2. The van der Waals surface area contributed by atoms with Crippen LogP contribution in [0.1, 0.15) is 4.88 Å². The van der Waals surface area contributed by atoms with E-state index in [0.717, 1.165) is 48.8 Å². The predicted molar refractivity (Wildman–Crippen MR) is 108 cm³/mol. The number of ether oxygens (including phenoxy) is 2. The van der Waals surface area contributed by atoms with Gasteiger partial charge >= 0.3 is 0 Å². The van der Waals surface area contributed by atoms with E-state index in [4.69, 9.17) is 9.47 Å². The van der Waals surface area contributed by atoms with Crippen LogP contribution in [0.5, 0.6) is 10.9 Å². The van der Waals surface area contributed by atoms with Gasteiger partial charge in [-0.3, -0.25) is 4.90 Å². The smallest absolute Gasteiger partial charge is 0.279 e. The van der Waals surface area contributed by atoms with Crippen molar-refractivity contribution in [3.8, 4) is 10.9 Å². The lowest BCUT2D eigenvalue weighted by Crippen LogP contribution is -2.35. The highest BCUT2D eigenvalue weighted by molar-refractivity contribution is 7.20. The summed E-state index contributed by atoms with van der Waals surface area (Å²) in [5, 5.41) is 1.96. The minimum absolute atomic E-state index is 0.690. The number of nitrogens with zero attached hydrogens (tertiary/aromatic N) is 2. The van der Waals surface area contributed by atoms with Crippen LogP contribution in [0.3, 0.4) is 0 Å². The zero-order chi connectivity index (χ0) is 17.3. The van der Waals surface area contributed by atoms with E-state index in [1.165, 1.54) is 15.0 Å². The van der Waals surface area contributed by atoms with Gasteiger partial charge in [-0.2, -0.15) is 0 Å². The molecule has 1 fully saturated rings. The lowest BCUT2D eigenvalue weighted by molar-refractivity contribution is 0.0346. The van der Waals surface area contributed by atoms with E-state index in [1.807, 2.05) is 35.6 Å². The highest BCUT2D eigenvalue weighted by atomic mass is 32.1. The summed E-state index contributed by atoms with van der Waals surface area (Å²) in [5.74, 6) is 0.844. The van der Waals surface area contributed by atoms with Crippen LogP contribution < -0.4 is 4.74 Å². The fourth-order valence-electron chi connectivity index (χ4n) is 3.18. The van der Waals surface area contributed by atoms with Gasteiger partial charge in [0.05, 0.1) is 23.4 Å². The maximum Gasteiger partial charge on any atom is 0.279 e. The highest BCUT2D eigenvalue weighted by Gasteiger charge is 2.13. The number of aromatic nitrogens is 1. The minimum atomic E-state index is 0.690. The third-order valence-electron chi connectivity index (χ3n) is 4.51. The molecule has 132 valence electrons. The summed E-state index contributed by atoms with van der Waals surface area (Å²) in [6.07, 6.45) is 0. The van der Waals surface area contributed by atoms with Crippen molar-refractivity contribution in [1.29, 1.82) is 0 Å². The van der Waals surface area contributed by atoms with Crippen molar-refractivity contribution in [3.63, 3.8) is 0 Å². The highest BCUT2D eigenvalue weighted by Crippen LogP contribution is 2.34. The van der Waals surface area contributed by atoms with E-state index < -0.39 is 0 Å². The second kappa shape index (κ2) is 6.96. The van der Waals surface area contributed by atoms with Gasteiger partial charge in [-0.15, -0.1) is 11.3 Å². The molecule has 0 unspecified atom stereocenters. The third-order valence-corrected chi connectivity index (χ3v) is 6.50. The number of thiazole rings is 1. The van der Waals surface area contributed by atoms with Gasteiger partial charge < -0.3 is 9.47 Å². The fraction of sp³-hybridized carbons (Fsp3) is 0.250.